The molecular weight excluding hydrogens is 300 g/mol. The first-order valence-electron chi connectivity index (χ1n) is 8.43. The predicted molar refractivity (Wildman–Crippen MR) is 93.6 cm³/mol. The molecule has 3 aromatic heterocycles. The fourth-order valence-corrected chi connectivity index (χ4v) is 3.53. The van der Waals surface area contributed by atoms with E-state index in [1.807, 2.05) is 31.5 Å². The van der Waals surface area contributed by atoms with Crippen LogP contribution in [0.3, 0.4) is 0 Å². The minimum atomic E-state index is 0.420. The molecule has 1 aliphatic heterocycles. The first-order chi connectivity index (χ1) is 11.7. The van der Waals surface area contributed by atoms with Crippen LogP contribution in [0.5, 0.6) is 0 Å². The number of nitrogens with two attached hydrogens (primary N) is 1. The molecule has 0 aromatic carbocycles. The van der Waals surface area contributed by atoms with Crippen LogP contribution in [0.1, 0.15) is 35.7 Å². The molecule has 1 saturated heterocycles. The van der Waals surface area contributed by atoms with Gasteiger partial charge in [-0.05, 0) is 44.0 Å². The summed E-state index contributed by atoms with van der Waals surface area (Å²) in [5.74, 6) is 1.08. The van der Waals surface area contributed by atoms with Crippen LogP contribution in [0.2, 0.25) is 0 Å². The van der Waals surface area contributed by atoms with Crippen LogP contribution in [0.4, 0.5) is 5.82 Å². The van der Waals surface area contributed by atoms with Crippen LogP contribution in [0.25, 0.3) is 5.65 Å². The third kappa shape index (κ3) is 2.97. The number of nitrogens with zero attached hydrogens (tertiary/aromatic N) is 5. The number of likely N-dealkylation sites (tertiary alicyclic amines) is 1. The number of piperidine rings is 1. The quantitative estimate of drug-likeness (QED) is 0.801. The van der Waals surface area contributed by atoms with Crippen molar-refractivity contribution in [2.24, 2.45) is 0 Å². The van der Waals surface area contributed by atoms with E-state index in [1.54, 1.807) is 4.52 Å². The lowest BCUT2D eigenvalue weighted by molar-refractivity contribution is 0.198. The molecule has 0 amide bonds. The fourth-order valence-electron chi connectivity index (χ4n) is 3.53. The molecule has 4 heterocycles. The number of hydrogen-bond donors (Lipinski definition) is 1. The Morgan fingerprint density at radius 1 is 1.25 bits per heavy atom. The predicted octanol–water partition coefficient (Wildman–Crippen LogP) is 2.39. The number of rotatable bonds is 3. The molecule has 6 nitrogen and oxygen atoms in total. The van der Waals surface area contributed by atoms with Crippen LogP contribution in [-0.2, 0) is 6.54 Å². The summed E-state index contributed by atoms with van der Waals surface area (Å²) in [6.45, 7) is 5.06. The molecule has 3 aromatic rings. The molecule has 1 unspecified atom stereocenters. The van der Waals surface area contributed by atoms with Crippen molar-refractivity contribution < 1.29 is 0 Å². The monoisotopic (exact) mass is 322 g/mol. The zero-order valence-electron chi connectivity index (χ0n) is 13.9. The van der Waals surface area contributed by atoms with Crippen molar-refractivity contribution in [1.82, 2.24) is 24.5 Å². The summed E-state index contributed by atoms with van der Waals surface area (Å²) in [7, 11) is 0. The first-order valence-corrected chi connectivity index (χ1v) is 8.43. The highest BCUT2D eigenvalue weighted by molar-refractivity contribution is 5.48. The van der Waals surface area contributed by atoms with E-state index in [4.69, 9.17) is 10.7 Å². The molecule has 6 heteroatoms. The third-order valence-corrected chi connectivity index (χ3v) is 4.68. The Bertz CT molecular complexity index is 841. The average molecular weight is 322 g/mol. The van der Waals surface area contributed by atoms with Gasteiger partial charge in [0.2, 0.25) is 0 Å². The maximum Gasteiger partial charge on any atom is 0.157 e. The summed E-state index contributed by atoms with van der Waals surface area (Å²) in [5.41, 5.74) is 10.3. The molecule has 0 spiro atoms. The van der Waals surface area contributed by atoms with E-state index >= 15 is 0 Å². The van der Waals surface area contributed by atoms with Gasteiger partial charge in [0.1, 0.15) is 5.82 Å². The molecule has 24 heavy (non-hydrogen) atoms. The Morgan fingerprint density at radius 3 is 2.92 bits per heavy atom. The van der Waals surface area contributed by atoms with Gasteiger partial charge in [-0.15, -0.1) is 0 Å². The minimum Gasteiger partial charge on any atom is -0.384 e. The number of aryl methyl sites for hydroxylation is 1. The lowest BCUT2D eigenvalue weighted by atomic mass is 9.94. The Balaban J connectivity index is 1.55. The van der Waals surface area contributed by atoms with Gasteiger partial charge in [0, 0.05) is 43.5 Å². The molecule has 1 atom stereocenters. The second kappa shape index (κ2) is 6.20. The molecule has 1 fully saturated rings. The van der Waals surface area contributed by atoms with E-state index < -0.39 is 0 Å². The van der Waals surface area contributed by atoms with Gasteiger partial charge in [-0.1, -0.05) is 0 Å². The summed E-state index contributed by atoms with van der Waals surface area (Å²) >= 11 is 0. The number of pyridine rings is 1. The first kappa shape index (κ1) is 15.1. The van der Waals surface area contributed by atoms with Crippen molar-refractivity contribution in [3.8, 4) is 0 Å². The second-order valence-electron chi connectivity index (χ2n) is 6.59. The van der Waals surface area contributed by atoms with Gasteiger partial charge >= 0.3 is 0 Å². The lowest BCUT2D eigenvalue weighted by Gasteiger charge is -2.32. The average Bonchev–Trinajstić information content (AvgIpc) is 2.97. The summed E-state index contributed by atoms with van der Waals surface area (Å²) in [5, 5.41) is 4.38. The van der Waals surface area contributed by atoms with Gasteiger partial charge in [-0.3, -0.25) is 9.88 Å². The molecule has 1 aliphatic rings. The maximum atomic E-state index is 6.18. The normalized spacial score (nSPS) is 19.0. The molecule has 124 valence electrons. The third-order valence-electron chi connectivity index (χ3n) is 4.68. The Labute approximate surface area is 141 Å². The standard InChI is InChI=1S/C18H22N6/c1-13-9-18-21-16(10-17(19)24(18)22-13)15-3-2-8-23(12-15)11-14-4-6-20-7-5-14/h4-7,9-10,15H,2-3,8,11-12,19H2,1H3. The lowest BCUT2D eigenvalue weighted by Crippen LogP contribution is -2.34. The molecule has 2 N–H and O–H groups in total. The summed E-state index contributed by atoms with van der Waals surface area (Å²) in [6, 6.07) is 8.14. The van der Waals surface area contributed by atoms with Crippen molar-refractivity contribution >= 4 is 11.5 Å². The molecule has 4 rings (SSSR count). The van der Waals surface area contributed by atoms with Crippen LogP contribution in [0.15, 0.2) is 36.7 Å². The number of aromatic nitrogens is 4. The highest BCUT2D eigenvalue weighted by Gasteiger charge is 2.23. The van der Waals surface area contributed by atoms with Crippen molar-refractivity contribution in [2.75, 3.05) is 18.8 Å². The van der Waals surface area contributed by atoms with Crippen molar-refractivity contribution in [1.29, 1.82) is 0 Å². The zero-order valence-corrected chi connectivity index (χ0v) is 13.9. The number of nitrogen functional groups attached to an aromatic ring is 1. The maximum absolute atomic E-state index is 6.18. The Kier molecular flexibility index (Phi) is 3.90. The van der Waals surface area contributed by atoms with Gasteiger partial charge in [-0.25, -0.2) is 4.98 Å². The van der Waals surface area contributed by atoms with Crippen LogP contribution >= 0.6 is 0 Å². The second-order valence-corrected chi connectivity index (χ2v) is 6.59. The van der Waals surface area contributed by atoms with E-state index in [0.29, 0.717) is 11.7 Å². The Morgan fingerprint density at radius 2 is 2.08 bits per heavy atom. The van der Waals surface area contributed by atoms with Gasteiger partial charge in [0.15, 0.2) is 5.65 Å². The van der Waals surface area contributed by atoms with E-state index in [2.05, 4.69) is 27.1 Å². The van der Waals surface area contributed by atoms with Crippen LogP contribution in [-0.4, -0.2) is 37.6 Å². The van der Waals surface area contributed by atoms with E-state index in [0.717, 1.165) is 43.1 Å². The van der Waals surface area contributed by atoms with Crippen LogP contribution in [0, 0.1) is 6.92 Å². The zero-order chi connectivity index (χ0) is 16.5. The van der Waals surface area contributed by atoms with E-state index in [9.17, 15) is 0 Å². The highest BCUT2D eigenvalue weighted by atomic mass is 15.3. The number of fused-ring (bicyclic) bond motifs is 1. The van der Waals surface area contributed by atoms with Crippen molar-refractivity contribution in [3.63, 3.8) is 0 Å². The van der Waals surface area contributed by atoms with Crippen molar-refractivity contribution in [2.45, 2.75) is 32.2 Å². The largest absolute Gasteiger partial charge is 0.384 e. The van der Waals surface area contributed by atoms with Crippen molar-refractivity contribution in [3.05, 3.63) is 53.6 Å². The van der Waals surface area contributed by atoms with E-state index in [1.165, 1.54) is 12.0 Å². The van der Waals surface area contributed by atoms with Crippen LogP contribution < -0.4 is 5.73 Å². The molecular formula is C18H22N6. The Hall–Kier alpha value is -2.47. The molecule has 0 bridgehead atoms. The summed E-state index contributed by atoms with van der Waals surface area (Å²) in [6.07, 6.45) is 6.05. The molecule has 0 aliphatic carbocycles. The van der Waals surface area contributed by atoms with Gasteiger partial charge < -0.3 is 5.73 Å². The minimum absolute atomic E-state index is 0.420. The smallest absolute Gasteiger partial charge is 0.157 e. The summed E-state index contributed by atoms with van der Waals surface area (Å²) < 4.78 is 1.72. The van der Waals surface area contributed by atoms with Gasteiger partial charge in [-0.2, -0.15) is 9.61 Å². The molecule has 0 radical (unpaired) electrons. The fraction of sp³-hybridized carbons (Fsp3) is 0.389. The SMILES string of the molecule is Cc1cc2nc(C3CCCN(Cc4ccncc4)C3)cc(N)n2n1. The van der Waals surface area contributed by atoms with E-state index in [-0.39, 0.29) is 0 Å². The molecule has 0 saturated carbocycles. The van der Waals surface area contributed by atoms with Gasteiger partial charge in [0.25, 0.3) is 0 Å². The summed E-state index contributed by atoms with van der Waals surface area (Å²) in [4.78, 5) is 11.4. The number of anilines is 1. The number of hydrogen-bond acceptors (Lipinski definition) is 5. The van der Waals surface area contributed by atoms with Gasteiger partial charge in [0.05, 0.1) is 11.4 Å². The highest BCUT2D eigenvalue weighted by Crippen LogP contribution is 2.28. The topological polar surface area (TPSA) is 72.3 Å².